The van der Waals surface area contributed by atoms with Crippen molar-refractivity contribution in [3.63, 3.8) is 0 Å². The number of amides is 2. The molecule has 0 spiro atoms. The van der Waals surface area contributed by atoms with Crippen LogP contribution in [0.1, 0.15) is 48.8 Å². The molecule has 7 heteroatoms. The highest BCUT2D eigenvalue weighted by molar-refractivity contribution is 9.10. The molecule has 5 rings (SSSR count). The van der Waals surface area contributed by atoms with Gasteiger partial charge in [0.1, 0.15) is 6.04 Å². The molecule has 2 amide bonds. The van der Waals surface area contributed by atoms with Crippen LogP contribution in [0.2, 0.25) is 0 Å². The van der Waals surface area contributed by atoms with Crippen molar-refractivity contribution in [2.45, 2.75) is 63.6 Å². The molecule has 1 aliphatic heterocycles. The average molecular weight is 578 g/mol. The van der Waals surface area contributed by atoms with E-state index in [-0.39, 0.29) is 31.1 Å². The fraction of sp³-hybridized carbons (Fsp3) is 0.355. The molecule has 1 saturated carbocycles. The third kappa shape index (κ3) is 6.76. The number of nitrogens with one attached hydrogen (secondary N) is 1. The van der Waals surface area contributed by atoms with Gasteiger partial charge in [-0.25, -0.2) is 0 Å². The maximum Gasteiger partial charge on any atom is 0.243 e. The van der Waals surface area contributed by atoms with E-state index >= 15 is 0 Å². The molecule has 1 atom stereocenters. The number of hydrogen-bond donors (Lipinski definition) is 1. The number of benzene rings is 3. The Morgan fingerprint density at radius 2 is 1.66 bits per heavy atom. The molecule has 0 saturated heterocycles. The Labute approximate surface area is 232 Å². The summed E-state index contributed by atoms with van der Waals surface area (Å²) < 4.78 is 11.9. The lowest BCUT2D eigenvalue weighted by Crippen LogP contribution is -2.52. The number of ether oxygens (including phenoxy) is 2. The number of aryl methyl sites for hydroxylation is 1. The van der Waals surface area contributed by atoms with Crippen LogP contribution in [0.15, 0.2) is 77.3 Å². The van der Waals surface area contributed by atoms with Gasteiger partial charge in [0.25, 0.3) is 0 Å². The Morgan fingerprint density at radius 1 is 0.895 bits per heavy atom. The summed E-state index contributed by atoms with van der Waals surface area (Å²) in [6, 6.07) is 23.2. The third-order valence-electron chi connectivity index (χ3n) is 7.28. The maximum absolute atomic E-state index is 13.9. The first-order chi connectivity index (χ1) is 18.5. The minimum Gasteiger partial charge on any atom is -0.454 e. The highest BCUT2D eigenvalue weighted by Gasteiger charge is 2.32. The molecule has 0 bridgehead atoms. The van der Waals surface area contributed by atoms with Gasteiger partial charge in [0.2, 0.25) is 18.6 Å². The number of nitrogens with zero attached hydrogens (tertiary/aromatic N) is 1. The minimum absolute atomic E-state index is 0.0508. The van der Waals surface area contributed by atoms with Crippen LogP contribution >= 0.6 is 15.9 Å². The summed E-state index contributed by atoms with van der Waals surface area (Å²) in [7, 11) is 0. The van der Waals surface area contributed by atoms with Crippen LogP contribution in [-0.2, 0) is 29.0 Å². The molecule has 1 aliphatic carbocycles. The van der Waals surface area contributed by atoms with Gasteiger partial charge in [-0.2, -0.15) is 0 Å². The average Bonchev–Trinajstić information content (AvgIpc) is 3.61. The van der Waals surface area contributed by atoms with Crippen molar-refractivity contribution < 1.29 is 19.1 Å². The number of rotatable bonds is 10. The monoisotopic (exact) mass is 576 g/mol. The summed E-state index contributed by atoms with van der Waals surface area (Å²) in [5, 5.41) is 3.26. The number of fused-ring (bicyclic) bond motifs is 1. The molecule has 3 aromatic rings. The summed E-state index contributed by atoms with van der Waals surface area (Å²) in [5.74, 6) is 1.30. The van der Waals surface area contributed by atoms with Crippen molar-refractivity contribution in [1.82, 2.24) is 10.2 Å². The SMILES string of the molecule is O=C(NC1CCCC1)[C@H](Cc1ccccc1)N(Cc1cccc(Br)c1)C(=O)CCc1ccc2c(c1)OCO2. The zero-order chi connectivity index (χ0) is 26.3. The molecule has 38 heavy (non-hydrogen) atoms. The molecule has 0 radical (unpaired) electrons. The molecule has 2 aliphatic rings. The van der Waals surface area contributed by atoms with Crippen LogP contribution < -0.4 is 14.8 Å². The molecule has 0 aromatic heterocycles. The van der Waals surface area contributed by atoms with Crippen LogP contribution in [0.25, 0.3) is 0 Å². The largest absolute Gasteiger partial charge is 0.454 e. The molecule has 1 heterocycles. The number of carbonyl (C=O) groups is 2. The first-order valence-electron chi connectivity index (χ1n) is 13.3. The van der Waals surface area contributed by atoms with Crippen molar-refractivity contribution in [1.29, 1.82) is 0 Å². The number of carbonyl (C=O) groups excluding carboxylic acids is 2. The Morgan fingerprint density at radius 3 is 2.45 bits per heavy atom. The van der Waals surface area contributed by atoms with E-state index < -0.39 is 6.04 Å². The second kappa shape index (κ2) is 12.5. The van der Waals surface area contributed by atoms with E-state index in [4.69, 9.17) is 9.47 Å². The maximum atomic E-state index is 13.9. The minimum atomic E-state index is -0.610. The second-order valence-corrected chi connectivity index (χ2v) is 11.0. The lowest BCUT2D eigenvalue weighted by atomic mass is 10.0. The molecule has 1 N–H and O–H groups in total. The Balaban J connectivity index is 1.40. The highest BCUT2D eigenvalue weighted by atomic mass is 79.9. The lowest BCUT2D eigenvalue weighted by Gasteiger charge is -2.32. The van der Waals surface area contributed by atoms with Gasteiger partial charge in [0, 0.05) is 29.9 Å². The van der Waals surface area contributed by atoms with E-state index in [1.165, 1.54) is 0 Å². The van der Waals surface area contributed by atoms with Gasteiger partial charge in [-0.1, -0.05) is 77.3 Å². The summed E-state index contributed by atoms with van der Waals surface area (Å²) in [6.07, 6.45) is 5.54. The zero-order valence-electron chi connectivity index (χ0n) is 21.4. The predicted molar refractivity (Wildman–Crippen MR) is 150 cm³/mol. The van der Waals surface area contributed by atoms with Crippen molar-refractivity contribution in [3.05, 3.63) is 94.0 Å². The molecule has 3 aromatic carbocycles. The van der Waals surface area contributed by atoms with Gasteiger partial charge in [-0.3, -0.25) is 9.59 Å². The van der Waals surface area contributed by atoms with E-state index in [1.807, 2.05) is 72.8 Å². The third-order valence-corrected chi connectivity index (χ3v) is 7.77. The normalized spacial score (nSPS) is 15.3. The van der Waals surface area contributed by atoms with E-state index in [1.54, 1.807) is 4.90 Å². The van der Waals surface area contributed by atoms with Crippen molar-refractivity contribution >= 4 is 27.7 Å². The summed E-state index contributed by atoms with van der Waals surface area (Å²) in [5.41, 5.74) is 3.00. The standard InChI is InChI=1S/C31H33BrN2O4/c32-25-10-6-9-24(17-25)20-34(30(35)16-14-23-13-15-28-29(19-23)38-21-37-28)27(18-22-7-2-1-3-8-22)31(36)33-26-11-4-5-12-26/h1-3,6-10,13,15,17,19,26-27H,4-5,11-12,14,16,18,20-21H2,(H,33,36)/t27-/m0/s1. The van der Waals surface area contributed by atoms with Crippen molar-refractivity contribution in [3.8, 4) is 11.5 Å². The summed E-state index contributed by atoms with van der Waals surface area (Å²) in [4.78, 5) is 29.4. The van der Waals surface area contributed by atoms with Crippen LogP contribution in [0.3, 0.4) is 0 Å². The Bertz CT molecular complexity index is 1260. The predicted octanol–water partition coefficient (Wildman–Crippen LogP) is 5.81. The summed E-state index contributed by atoms with van der Waals surface area (Å²) >= 11 is 3.55. The van der Waals surface area contributed by atoms with Crippen LogP contribution in [-0.4, -0.2) is 35.6 Å². The van der Waals surface area contributed by atoms with Gasteiger partial charge < -0.3 is 19.7 Å². The van der Waals surface area contributed by atoms with E-state index in [9.17, 15) is 9.59 Å². The van der Waals surface area contributed by atoms with Gasteiger partial charge in [-0.15, -0.1) is 0 Å². The Hall–Kier alpha value is -3.32. The van der Waals surface area contributed by atoms with Crippen LogP contribution in [0.4, 0.5) is 0 Å². The smallest absolute Gasteiger partial charge is 0.243 e. The lowest BCUT2D eigenvalue weighted by molar-refractivity contribution is -0.141. The molecule has 1 fully saturated rings. The fourth-order valence-electron chi connectivity index (χ4n) is 5.24. The van der Waals surface area contributed by atoms with Crippen molar-refractivity contribution in [2.24, 2.45) is 0 Å². The van der Waals surface area contributed by atoms with Crippen LogP contribution in [0, 0.1) is 0 Å². The first-order valence-corrected chi connectivity index (χ1v) is 14.1. The molecular formula is C31H33BrN2O4. The van der Waals surface area contributed by atoms with Gasteiger partial charge >= 0.3 is 0 Å². The van der Waals surface area contributed by atoms with Gasteiger partial charge in [0.05, 0.1) is 0 Å². The molecule has 0 unspecified atom stereocenters. The van der Waals surface area contributed by atoms with Crippen LogP contribution in [0.5, 0.6) is 11.5 Å². The van der Waals surface area contributed by atoms with E-state index in [2.05, 4.69) is 21.2 Å². The zero-order valence-corrected chi connectivity index (χ0v) is 23.0. The highest BCUT2D eigenvalue weighted by Crippen LogP contribution is 2.33. The second-order valence-electron chi connectivity index (χ2n) is 10.0. The van der Waals surface area contributed by atoms with Gasteiger partial charge in [0.15, 0.2) is 11.5 Å². The van der Waals surface area contributed by atoms with Crippen molar-refractivity contribution in [2.75, 3.05) is 6.79 Å². The quantitative estimate of drug-likeness (QED) is 0.331. The van der Waals surface area contributed by atoms with Gasteiger partial charge in [-0.05, 0) is 60.2 Å². The topological polar surface area (TPSA) is 67.9 Å². The number of hydrogen-bond acceptors (Lipinski definition) is 4. The first kappa shape index (κ1) is 26.3. The molecular weight excluding hydrogens is 544 g/mol. The molecule has 6 nitrogen and oxygen atoms in total. The fourth-order valence-corrected chi connectivity index (χ4v) is 5.69. The van der Waals surface area contributed by atoms with E-state index in [0.717, 1.165) is 52.6 Å². The Kier molecular flexibility index (Phi) is 8.64. The molecule has 198 valence electrons. The summed E-state index contributed by atoms with van der Waals surface area (Å²) in [6.45, 7) is 0.574. The van der Waals surface area contributed by atoms with E-state index in [0.29, 0.717) is 25.1 Å². The number of halogens is 1.